The highest BCUT2D eigenvalue weighted by Crippen LogP contribution is 2.16. The van der Waals surface area contributed by atoms with Gasteiger partial charge in [0.15, 0.2) is 0 Å². The van der Waals surface area contributed by atoms with Crippen LogP contribution in [0.3, 0.4) is 0 Å². The molecule has 0 aliphatic rings. The van der Waals surface area contributed by atoms with Crippen molar-refractivity contribution >= 4 is 11.6 Å². The number of pyridine rings is 2. The zero-order valence-corrected chi connectivity index (χ0v) is 7.49. The van der Waals surface area contributed by atoms with Crippen molar-refractivity contribution in [1.82, 2.24) is 9.97 Å². The SMILES string of the molecule is Clc1cc[c]c(-c2ccncc2)n1. The summed E-state index contributed by atoms with van der Waals surface area (Å²) in [6.07, 6.45) is 3.43. The standard InChI is InChI=1S/C10H6ClN2/c11-10-3-1-2-9(13-10)8-4-6-12-7-5-8/h1,3-7H. The molecule has 2 nitrogen and oxygen atoms in total. The normalized spacial score (nSPS) is 9.92. The van der Waals surface area contributed by atoms with Crippen molar-refractivity contribution < 1.29 is 0 Å². The average molecular weight is 190 g/mol. The van der Waals surface area contributed by atoms with E-state index in [4.69, 9.17) is 11.6 Å². The van der Waals surface area contributed by atoms with Crippen molar-refractivity contribution in [1.29, 1.82) is 0 Å². The Hall–Kier alpha value is -1.41. The lowest BCUT2D eigenvalue weighted by Crippen LogP contribution is -1.83. The van der Waals surface area contributed by atoms with Gasteiger partial charge in [0.1, 0.15) is 5.15 Å². The van der Waals surface area contributed by atoms with Crippen molar-refractivity contribution in [2.24, 2.45) is 0 Å². The number of hydrogen-bond acceptors (Lipinski definition) is 2. The van der Waals surface area contributed by atoms with Crippen LogP contribution < -0.4 is 0 Å². The van der Waals surface area contributed by atoms with Gasteiger partial charge in [-0.2, -0.15) is 0 Å². The van der Waals surface area contributed by atoms with Crippen LogP contribution in [-0.4, -0.2) is 9.97 Å². The van der Waals surface area contributed by atoms with Crippen molar-refractivity contribution in [2.75, 3.05) is 0 Å². The van der Waals surface area contributed by atoms with Crippen molar-refractivity contribution in [3.05, 3.63) is 47.9 Å². The highest BCUT2D eigenvalue weighted by atomic mass is 35.5. The maximum atomic E-state index is 5.75. The molecule has 0 fully saturated rings. The van der Waals surface area contributed by atoms with Gasteiger partial charge in [0.05, 0.1) is 5.69 Å². The van der Waals surface area contributed by atoms with Crippen molar-refractivity contribution in [3.63, 3.8) is 0 Å². The van der Waals surface area contributed by atoms with Gasteiger partial charge in [0.25, 0.3) is 0 Å². The van der Waals surface area contributed by atoms with Gasteiger partial charge in [0, 0.05) is 24.0 Å². The smallest absolute Gasteiger partial charge is 0.129 e. The lowest BCUT2D eigenvalue weighted by Gasteiger charge is -1.98. The third-order valence-electron chi connectivity index (χ3n) is 1.61. The van der Waals surface area contributed by atoms with Gasteiger partial charge >= 0.3 is 0 Å². The van der Waals surface area contributed by atoms with Gasteiger partial charge in [-0.3, -0.25) is 4.98 Å². The summed E-state index contributed by atoms with van der Waals surface area (Å²) in [4.78, 5) is 8.04. The predicted octanol–water partition coefficient (Wildman–Crippen LogP) is 2.60. The summed E-state index contributed by atoms with van der Waals surface area (Å²) in [5.41, 5.74) is 1.72. The van der Waals surface area contributed by atoms with E-state index in [1.54, 1.807) is 24.5 Å². The zero-order valence-electron chi connectivity index (χ0n) is 6.74. The van der Waals surface area contributed by atoms with Gasteiger partial charge in [-0.25, -0.2) is 4.98 Å². The van der Waals surface area contributed by atoms with Crippen LogP contribution in [0.5, 0.6) is 0 Å². The molecule has 2 aromatic heterocycles. The Labute approximate surface area is 81.2 Å². The molecule has 2 aromatic rings. The fourth-order valence-electron chi connectivity index (χ4n) is 1.02. The lowest BCUT2D eigenvalue weighted by atomic mass is 10.2. The Morgan fingerprint density at radius 3 is 2.62 bits per heavy atom. The van der Waals surface area contributed by atoms with Crippen LogP contribution in [-0.2, 0) is 0 Å². The zero-order chi connectivity index (χ0) is 9.10. The molecule has 13 heavy (non-hydrogen) atoms. The molecule has 0 aliphatic heterocycles. The van der Waals surface area contributed by atoms with Crippen LogP contribution in [0.4, 0.5) is 0 Å². The summed E-state index contributed by atoms with van der Waals surface area (Å²) in [6.45, 7) is 0. The van der Waals surface area contributed by atoms with Gasteiger partial charge in [-0.15, -0.1) is 0 Å². The summed E-state index contributed by atoms with van der Waals surface area (Å²) < 4.78 is 0. The van der Waals surface area contributed by atoms with Gasteiger partial charge in [-0.1, -0.05) is 11.6 Å². The maximum Gasteiger partial charge on any atom is 0.129 e. The molecule has 1 radical (unpaired) electrons. The Morgan fingerprint density at radius 1 is 1.15 bits per heavy atom. The lowest BCUT2D eigenvalue weighted by molar-refractivity contribution is 1.28. The van der Waals surface area contributed by atoms with E-state index in [1.807, 2.05) is 12.1 Å². The molecule has 2 rings (SSSR count). The molecule has 0 atom stereocenters. The molecule has 0 bridgehead atoms. The summed E-state index contributed by atoms with van der Waals surface area (Å²) in [6, 6.07) is 10.2. The number of hydrogen-bond donors (Lipinski definition) is 0. The first-order valence-electron chi connectivity index (χ1n) is 3.81. The first-order valence-corrected chi connectivity index (χ1v) is 4.19. The highest BCUT2D eigenvalue weighted by Gasteiger charge is 1.98. The molecule has 0 amide bonds. The van der Waals surface area contributed by atoms with Gasteiger partial charge in [0.2, 0.25) is 0 Å². The second kappa shape index (κ2) is 3.54. The number of rotatable bonds is 1. The van der Waals surface area contributed by atoms with E-state index < -0.39 is 0 Å². The van der Waals surface area contributed by atoms with Gasteiger partial charge < -0.3 is 0 Å². The Bertz CT molecular complexity index is 401. The predicted molar refractivity (Wildman–Crippen MR) is 51.3 cm³/mol. The van der Waals surface area contributed by atoms with E-state index in [1.165, 1.54) is 0 Å². The molecule has 0 N–H and O–H groups in total. The third-order valence-corrected chi connectivity index (χ3v) is 1.82. The molecule has 3 heteroatoms. The van der Waals surface area contributed by atoms with E-state index >= 15 is 0 Å². The molecule has 0 unspecified atom stereocenters. The molecule has 0 saturated carbocycles. The Balaban J connectivity index is 2.48. The monoisotopic (exact) mass is 189 g/mol. The van der Waals surface area contributed by atoms with E-state index in [0.717, 1.165) is 11.3 Å². The highest BCUT2D eigenvalue weighted by molar-refractivity contribution is 6.29. The van der Waals surface area contributed by atoms with Crippen LogP contribution in [0.15, 0.2) is 36.7 Å². The molecule has 0 saturated heterocycles. The van der Waals surface area contributed by atoms with E-state index in [2.05, 4.69) is 16.0 Å². The Kier molecular flexibility index (Phi) is 2.23. The van der Waals surface area contributed by atoms with Crippen molar-refractivity contribution in [3.8, 4) is 11.3 Å². The number of nitrogens with zero attached hydrogens (tertiary/aromatic N) is 2. The third kappa shape index (κ3) is 1.84. The van der Waals surface area contributed by atoms with E-state index in [0.29, 0.717) is 5.15 Å². The first kappa shape index (κ1) is 8.20. The molecule has 63 valence electrons. The second-order valence-corrected chi connectivity index (χ2v) is 2.88. The molecule has 0 aromatic carbocycles. The van der Waals surface area contributed by atoms with E-state index in [9.17, 15) is 0 Å². The first-order chi connectivity index (χ1) is 6.36. The Morgan fingerprint density at radius 2 is 1.92 bits per heavy atom. The second-order valence-electron chi connectivity index (χ2n) is 2.50. The fraction of sp³-hybridized carbons (Fsp3) is 0. The minimum Gasteiger partial charge on any atom is -0.265 e. The van der Waals surface area contributed by atoms with Crippen LogP contribution in [0, 0.1) is 6.07 Å². The average Bonchev–Trinajstić information content (AvgIpc) is 2.19. The van der Waals surface area contributed by atoms with Crippen molar-refractivity contribution in [2.45, 2.75) is 0 Å². The molecule has 2 heterocycles. The number of aromatic nitrogens is 2. The van der Waals surface area contributed by atoms with Crippen LogP contribution in [0.2, 0.25) is 5.15 Å². The fourth-order valence-corrected chi connectivity index (χ4v) is 1.17. The van der Waals surface area contributed by atoms with Crippen LogP contribution in [0.1, 0.15) is 0 Å². The number of halogens is 1. The van der Waals surface area contributed by atoms with Crippen LogP contribution >= 0.6 is 11.6 Å². The molecular weight excluding hydrogens is 184 g/mol. The maximum absolute atomic E-state index is 5.75. The molecular formula is C10H6ClN2. The van der Waals surface area contributed by atoms with Crippen LogP contribution in [0.25, 0.3) is 11.3 Å². The quantitative estimate of drug-likeness (QED) is 0.645. The van der Waals surface area contributed by atoms with Gasteiger partial charge in [-0.05, 0) is 24.3 Å². The summed E-state index contributed by atoms with van der Waals surface area (Å²) in [5, 5.41) is 0.477. The molecule has 0 spiro atoms. The minimum absolute atomic E-state index is 0.477. The largest absolute Gasteiger partial charge is 0.265 e. The molecule has 0 aliphatic carbocycles. The summed E-state index contributed by atoms with van der Waals surface area (Å²) >= 11 is 5.75. The summed E-state index contributed by atoms with van der Waals surface area (Å²) in [5.74, 6) is 0. The van der Waals surface area contributed by atoms with E-state index in [-0.39, 0.29) is 0 Å². The minimum atomic E-state index is 0.477. The topological polar surface area (TPSA) is 25.8 Å². The summed E-state index contributed by atoms with van der Waals surface area (Å²) in [7, 11) is 0.